The minimum Gasteiger partial charge on any atom is -0.294 e. The monoisotopic (exact) mass is 447 g/mol. The Morgan fingerprint density at radius 3 is 2.59 bits per heavy atom. The maximum Gasteiger partial charge on any atom is 0.169 e. The standard InChI is InChI=1S/C30H29N3O/c1-20-8-6-7-11-24(20)23-16-26-25(12-13-28(26)31-18-23)22-14-15-33-29(17-22)27(19-32-33)30(34)21-9-4-2-3-5-10-21/h6-8,11-12,14-19,21H,2-5,9-10,13H2,1H3. The molecule has 3 heterocycles. The number of allylic oxidation sites excluding steroid dienone is 1. The Morgan fingerprint density at radius 2 is 1.76 bits per heavy atom. The zero-order valence-electron chi connectivity index (χ0n) is 19.6. The molecule has 1 aromatic carbocycles. The summed E-state index contributed by atoms with van der Waals surface area (Å²) in [7, 11) is 0. The smallest absolute Gasteiger partial charge is 0.169 e. The molecule has 0 atom stereocenters. The van der Waals surface area contributed by atoms with Gasteiger partial charge in [0.15, 0.2) is 5.78 Å². The first-order valence-corrected chi connectivity index (χ1v) is 12.5. The molecule has 4 aromatic rings. The average molecular weight is 448 g/mol. The number of ketones is 1. The molecule has 6 rings (SSSR count). The molecule has 0 spiro atoms. The number of rotatable bonds is 4. The molecule has 0 amide bonds. The molecule has 0 radical (unpaired) electrons. The van der Waals surface area contributed by atoms with E-state index in [9.17, 15) is 4.79 Å². The number of pyridine rings is 2. The maximum atomic E-state index is 13.4. The van der Waals surface area contributed by atoms with E-state index in [1.54, 1.807) is 6.20 Å². The van der Waals surface area contributed by atoms with Crippen molar-refractivity contribution in [2.75, 3.05) is 0 Å². The van der Waals surface area contributed by atoms with Gasteiger partial charge in [-0.25, -0.2) is 4.52 Å². The van der Waals surface area contributed by atoms with Gasteiger partial charge >= 0.3 is 0 Å². The molecule has 2 aliphatic rings. The number of hydrogen-bond donors (Lipinski definition) is 0. The van der Waals surface area contributed by atoms with Crippen LogP contribution in [0.4, 0.5) is 0 Å². The van der Waals surface area contributed by atoms with Crippen LogP contribution in [0, 0.1) is 12.8 Å². The number of aryl methyl sites for hydroxylation is 1. The Kier molecular flexibility index (Phi) is 5.37. The van der Waals surface area contributed by atoms with E-state index in [1.165, 1.54) is 35.1 Å². The second-order valence-electron chi connectivity index (χ2n) is 9.71. The van der Waals surface area contributed by atoms with Gasteiger partial charge in [0.25, 0.3) is 0 Å². The van der Waals surface area contributed by atoms with Gasteiger partial charge in [0.2, 0.25) is 0 Å². The lowest BCUT2D eigenvalue weighted by molar-refractivity contribution is 0.0909. The Labute approximate surface area is 200 Å². The molecule has 0 aliphatic heterocycles. The lowest BCUT2D eigenvalue weighted by atomic mass is 9.91. The fourth-order valence-electron chi connectivity index (χ4n) is 5.61. The van der Waals surface area contributed by atoms with E-state index < -0.39 is 0 Å². The van der Waals surface area contributed by atoms with Crippen LogP contribution in [0.25, 0.3) is 22.2 Å². The van der Waals surface area contributed by atoms with E-state index in [4.69, 9.17) is 4.98 Å². The van der Waals surface area contributed by atoms with Crippen molar-refractivity contribution >= 4 is 16.9 Å². The van der Waals surface area contributed by atoms with Crippen molar-refractivity contribution in [1.29, 1.82) is 0 Å². The van der Waals surface area contributed by atoms with E-state index in [0.717, 1.165) is 60.0 Å². The number of aromatic nitrogens is 3. The van der Waals surface area contributed by atoms with Crippen LogP contribution in [0.5, 0.6) is 0 Å². The summed E-state index contributed by atoms with van der Waals surface area (Å²) in [5.74, 6) is 0.393. The molecule has 0 N–H and O–H groups in total. The Hall–Kier alpha value is -3.53. The zero-order chi connectivity index (χ0) is 23.1. The van der Waals surface area contributed by atoms with Crippen LogP contribution in [0.1, 0.15) is 71.3 Å². The van der Waals surface area contributed by atoms with Crippen LogP contribution in [-0.2, 0) is 6.42 Å². The van der Waals surface area contributed by atoms with Crippen molar-refractivity contribution in [3.05, 3.63) is 95.1 Å². The van der Waals surface area contributed by atoms with Gasteiger partial charge in [-0.05, 0) is 60.2 Å². The number of benzene rings is 1. The highest BCUT2D eigenvalue weighted by molar-refractivity contribution is 6.04. The number of Topliss-reactive ketones (excluding diaryl/α,β-unsaturated/α-hetero) is 1. The second kappa shape index (κ2) is 8.68. The van der Waals surface area contributed by atoms with E-state index in [2.05, 4.69) is 60.6 Å². The molecule has 4 heteroatoms. The van der Waals surface area contributed by atoms with Crippen molar-refractivity contribution in [1.82, 2.24) is 14.6 Å². The molecule has 0 bridgehead atoms. The molecular weight excluding hydrogens is 418 g/mol. The fourth-order valence-corrected chi connectivity index (χ4v) is 5.61. The number of carbonyl (C=O) groups is 1. The minimum absolute atomic E-state index is 0.131. The molecular formula is C30H29N3O. The molecule has 170 valence electrons. The first kappa shape index (κ1) is 21.0. The highest BCUT2D eigenvalue weighted by atomic mass is 16.1. The SMILES string of the molecule is Cc1ccccc1-c1cnc2c(c1)C(c1ccn3ncc(C(=O)C4CCCCCC4)c3c1)=CC2. The number of carbonyl (C=O) groups excluding carboxylic acids is 1. The zero-order valence-corrected chi connectivity index (χ0v) is 19.6. The highest BCUT2D eigenvalue weighted by Gasteiger charge is 2.25. The van der Waals surface area contributed by atoms with Gasteiger partial charge in [0.1, 0.15) is 0 Å². The molecule has 2 aliphatic carbocycles. The van der Waals surface area contributed by atoms with Gasteiger partial charge in [0, 0.05) is 35.9 Å². The van der Waals surface area contributed by atoms with E-state index in [1.807, 2.05) is 16.9 Å². The van der Waals surface area contributed by atoms with Crippen LogP contribution in [-0.4, -0.2) is 20.4 Å². The summed E-state index contributed by atoms with van der Waals surface area (Å²) in [5.41, 5.74) is 9.86. The summed E-state index contributed by atoms with van der Waals surface area (Å²) in [4.78, 5) is 18.2. The molecule has 1 fully saturated rings. The van der Waals surface area contributed by atoms with E-state index >= 15 is 0 Å². The Balaban J connectivity index is 1.37. The minimum atomic E-state index is 0.131. The molecule has 3 aromatic heterocycles. The normalized spacial score (nSPS) is 16.3. The molecule has 0 saturated heterocycles. The molecule has 34 heavy (non-hydrogen) atoms. The van der Waals surface area contributed by atoms with Crippen LogP contribution in [0.2, 0.25) is 0 Å². The van der Waals surface area contributed by atoms with Crippen molar-refractivity contribution in [3.63, 3.8) is 0 Å². The third-order valence-electron chi connectivity index (χ3n) is 7.54. The Morgan fingerprint density at radius 1 is 0.941 bits per heavy atom. The summed E-state index contributed by atoms with van der Waals surface area (Å²) < 4.78 is 1.84. The van der Waals surface area contributed by atoms with Crippen LogP contribution >= 0.6 is 0 Å². The van der Waals surface area contributed by atoms with Crippen molar-refractivity contribution in [2.24, 2.45) is 5.92 Å². The van der Waals surface area contributed by atoms with Gasteiger partial charge in [-0.3, -0.25) is 9.78 Å². The fraction of sp³-hybridized carbons (Fsp3) is 0.300. The van der Waals surface area contributed by atoms with Crippen molar-refractivity contribution in [3.8, 4) is 11.1 Å². The van der Waals surface area contributed by atoms with Crippen molar-refractivity contribution < 1.29 is 4.79 Å². The summed E-state index contributed by atoms with van der Waals surface area (Å²) in [6.45, 7) is 2.14. The average Bonchev–Trinajstić information content (AvgIpc) is 3.37. The van der Waals surface area contributed by atoms with Crippen LogP contribution in [0.15, 0.2) is 67.1 Å². The number of nitrogens with zero attached hydrogens (tertiary/aromatic N) is 3. The highest BCUT2D eigenvalue weighted by Crippen LogP contribution is 2.36. The molecule has 0 unspecified atom stereocenters. The van der Waals surface area contributed by atoms with Gasteiger partial charge < -0.3 is 0 Å². The van der Waals surface area contributed by atoms with Gasteiger partial charge in [-0.15, -0.1) is 0 Å². The lowest BCUT2D eigenvalue weighted by Crippen LogP contribution is -2.13. The van der Waals surface area contributed by atoms with Gasteiger partial charge in [0.05, 0.1) is 23.0 Å². The second-order valence-corrected chi connectivity index (χ2v) is 9.71. The largest absolute Gasteiger partial charge is 0.294 e. The van der Waals surface area contributed by atoms with Crippen LogP contribution < -0.4 is 0 Å². The first-order valence-electron chi connectivity index (χ1n) is 12.5. The third kappa shape index (κ3) is 3.67. The predicted octanol–water partition coefficient (Wildman–Crippen LogP) is 6.85. The molecule has 1 saturated carbocycles. The van der Waals surface area contributed by atoms with Crippen LogP contribution in [0.3, 0.4) is 0 Å². The summed E-state index contributed by atoms with van der Waals surface area (Å²) >= 11 is 0. The predicted molar refractivity (Wildman–Crippen MR) is 136 cm³/mol. The maximum absolute atomic E-state index is 13.4. The number of hydrogen-bond acceptors (Lipinski definition) is 3. The number of fused-ring (bicyclic) bond motifs is 2. The third-order valence-corrected chi connectivity index (χ3v) is 7.54. The van der Waals surface area contributed by atoms with Crippen molar-refractivity contribution in [2.45, 2.75) is 51.9 Å². The quantitative estimate of drug-likeness (QED) is 0.254. The topological polar surface area (TPSA) is 47.3 Å². The Bertz CT molecular complexity index is 1420. The van der Waals surface area contributed by atoms with E-state index in [0.29, 0.717) is 0 Å². The first-order chi connectivity index (χ1) is 16.7. The molecule has 4 nitrogen and oxygen atoms in total. The van der Waals surface area contributed by atoms with Gasteiger partial charge in [-0.1, -0.05) is 56.0 Å². The lowest BCUT2D eigenvalue weighted by Gasteiger charge is -2.13. The van der Waals surface area contributed by atoms with E-state index in [-0.39, 0.29) is 11.7 Å². The summed E-state index contributed by atoms with van der Waals surface area (Å²) in [6.07, 6.45) is 15.6. The van der Waals surface area contributed by atoms with Gasteiger partial charge in [-0.2, -0.15) is 5.10 Å². The summed E-state index contributed by atoms with van der Waals surface area (Å²) in [6, 6.07) is 14.9. The summed E-state index contributed by atoms with van der Waals surface area (Å²) in [5, 5.41) is 4.50.